The number of methoxy groups -OCH3 is 2. The fourth-order valence-electron chi connectivity index (χ4n) is 2.80. The van der Waals surface area contributed by atoms with Gasteiger partial charge in [0.15, 0.2) is 0 Å². The van der Waals surface area contributed by atoms with Gasteiger partial charge in [-0.2, -0.15) is 0 Å². The zero-order chi connectivity index (χ0) is 14.6. The van der Waals surface area contributed by atoms with Crippen LogP contribution in [0, 0.1) is 11.3 Å². The van der Waals surface area contributed by atoms with Crippen LogP contribution in [0.2, 0.25) is 0 Å². The van der Waals surface area contributed by atoms with Crippen LogP contribution in [0.1, 0.15) is 52.9 Å². The molecule has 3 heteroatoms. The summed E-state index contributed by atoms with van der Waals surface area (Å²) in [5.41, 5.74) is 0.405. The molecule has 0 aliphatic rings. The van der Waals surface area contributed by atoms with E-state index in [1.165, 1.54) is 25.7 Å². The molecule has 3 nitrogen and oxygen atoms in total. The second kappa shape index (κ2) is 11.7. The van der Waals surface area contributed by atoms with Gasteiger partial charge in [-0.1, -0.05) is 33.6 Å². The van der Waals surface area contributed by atoms with Crippen LogP contribution in [0.5, 0.6) is 0 Å². The summed E-state index contributed by atoms with van der Waals surface area (Å²) in [5.74, 6) is 0.694. The van der Waals surface area contributed by atoms with E-state index in [1.807, 2.05) is 0 Å². The van der Waals surface area contributed by atoms with Gasteiger partial charge in [0.05, 0.1) is 6.61 Å². The zero-order valence-corrected chi connectivity index (χ0v) is 13.8. The molecule has 0 bridgehead atoms. The molecule has 0 aromatic heterocycles. The average molecular weight is 273 g/mol. The molecule has 0 amide bonds. The maximum Gasteiger partial charge on any atom is 0.0587 e. The van der Waals surface area contributed by atoms with Crippen molar-refractivity contribution in [1.82, 2.24) is 5.32 Å². The van der Waals surface area contributed by atoms with Gasteiger partial charge < -0.3 is 14.8 Å². The Hall–Kier alpha value is -0.120. The predicted molar refractivity (Wildman–Crippen MR) is 82.7 cm³/mol. The Balaban J connectivity index is 4.46. The van der Waals surface area contributed by atoms with Gasteiger partial charge in [-0.3, -0.25) is 0 Å². The van der Waals surface area contributed by atoms with Crippen LogP contribution in [0.15, 0.2) is 0 Å². The lowest BCUT2D eigenvalue weighted by Crippen LogP contribution is -2.40. The number of ether oxygens (including phenoxy) is 2. The Morgan fingerprint density at radius 3 is 2.32 bits per heavy atom. The molecule has 0 spiro atoms. The fraction of sp³-hybridized carbons (Fsp3) is 1.00. The number of hydrogen-bond acceptors (Lipinski definition) is 3. The Labute approximate surface area is 120 Å². The molecule has 1 N–H and O–H groups in total. The standard InChI is InChI=1S/C16H35NO2/c1-6-8-10-16(7-2,14-17-11-13-19-5)15(3)9-12-18-4/h15,17H,6-14H2,1-5H3. The highest BCUT2D eigenvalue weighted by atomic mass is 16.5. The first-order valence-corrected chi connectivity index (χ1v) is 7.85. The van der Waals surface area contributed by atoms with Gasteiger partial charge in [0.1, 0.15) is 0 Å². The summed E-state index contributed by atoms with van der Waals surface area (Å²) in [4.78, 5) is 0. The van der Waals surface area contributed by atoms with E-state index in [1.54, 1.807) is 14.2 Å². The summed E-state index contributed by atoms with van der Waals surface area (Å²) in [7, 11) is 3.55. The molecule has 2 unspecified atom stereocenters. The van der Waals surface area contributed by atoms with E-state index in [2.05, 4.69) is 26.1 Å². The van der Waals surface area contributed by atoms with Crippen molar-refractivity contribution in [3.05, 3.63) is 0 Å². The highest BCUT2D eigenvalue weighted by Gasteiger charge is 2.33. The van der Waals surface area contributed by atoms with Gasteiger partial charge in [0.25, 0.3) is 0 Å². The van der Waals surface area contributed by atoms with Crippen LogP contribution in [0.25, 0.3) is 0 Å². The molecule has 0 aliphatic carbocycles. The van der Waals surface area contributed by atoms with Gasteiger partial charge in [0, 0.05) is 33.9 Å². The van der Waals surface area contributed by atoms with E-state index in [9.17, 15) is 0 Å². The maximum absolute atomic E-state index is 5.26. The van der Waals surface area contributed by atoms with Gasteiger partial charge >= 0.3 is 0 Å². The smallest absolute Gasteiger partial charge is 0.0587 e. The summed E-state index contributed by atoms with van der Waals surface area (Å²) in [6.07, 6.45) is 6.29. The first-order chi connectivity index (χ1) is 9.16. The highest BCUT2D eigenvalue weighted by Crippen LogP contribution is 2.38. The van der Waals surface area contributed by atoms with E-state index in [-0.39, 0.29) is 0 Å². The molecular weight excluding hydrogens is 238 g/mol. The molecule has 0 saturated heterocycles. The second-order valence-electron chi connectivity index (χ2n) is 5.67. The molecule has 19 heavy (non-hydrogen) atoms. The highest BCUT2D eigenvalue weighted by molar-refractivity contribution is 4.85. The topological polar surface area (TPSA) is 30.5 Å². The SMILES string of the molecule is CCCCC(CC)(CNCCOC)C(C)CCOC. The third-order valence-electron chi connectivity index (χ3n) is 4.49. The number of nitrogens with one attached hydrogen (secondary N) is 1. The van der Waals surface area contributed by atoms with Crippen molar-refractivity contribution in [3.63, 3.8) is 0 Å². The van der Waals surface area contributed by atoms with Crippen LogP contribution < -0.4 is 5.32 Å². The van der Waals surface area contributed by atoms with Gasteiger partial charge in [0.2, 0.25) is 0 Å². The first-order valence-electron chi connectivity index (χ1n) is 7.85. The lowest BCUT2D eigenvalue weighted by Gasteiger charge is -2.39. The van der Waals surface area contributed by atoms with E-state index in [0.29, 0.717) is 11.3 Å². The minimum atomic E-state index is 0.405. The minimum Gasteiger partial charge on any atom is -0.385 e. The Kier molecular flexibility index (Phi) is 11.6. The van der Waals surface area contributed by atoms with Crippen LogP contribution in [-0.4, -0.2) is 40.5 Å². The zero-order valence-electron chi connectivity index (χ0n) is 13.8. The molecule has 0 aliphatic heterocycles. The molecule has 0 aromatic rings. The van der Waals surface area contributed by atoms with E-state index in [0.717, 1.165) is 32.7 Å². The van der Waals surface area contributed by atoms with Crippen molar-refractivity contribution in [2.24, 2.45) is 11.3 Å². The molecule has 116 valence electrons. The summed E-state index contributed by atoms with van der Waals surface area (Å²) < 4.78 is 10.4. The van der Waals surface area contributed by atoms with E-state index >= 15 is 0 Å². The van der Waals surface area contributed by atoms with Crippen molar-refractivity contribution in [2.45, 2.75) is 52.9 Å². The van der Waals surface area contributed by atoms with Crippen LogP contribution >= 0.6 is 0 Å². The maximum atomic E-state index is 5.26. The van der Waals surface area contributed by atoms with Gasteiger partial charge in [-0.25, -0.2) is 0 Å². The van der Waals surface area contributed by atoms with Crippen molar-refractivity contribution < 1.29 is 9.47 Å². The summed E-state index contributed by atoms with van der Waals surface area (Å²) in [5, 5.41) is 3.58. The van der Waals surface area contributed by atoms with Gasteiger partial charge in [-0.05, 0) is 30.6 Å². The summed E-state index contributed by atoms with van der Waals surface area (Å²) in [6, 6.07) is 0. The lowest BCUT2D eigenvalue weighted by molar-refractivity contribution is 0.0930. The third kappa shape index (κ3) is 7.28. The first kappa shape index (κ1) is 18.9. The lowest BCUT2D eigenvalue weighted by atomic mass is 9.69. The normalized spacial score (nSPS) is 16.3. The average Bonchev–Trinajstić information content (AvgIpc) is 2.44. The largest absolute Gasteiger partial charge is 0.385 e. The van der Waals surface area contributed by atoms with Crippen molar-refractivity contribution >= 4 is 0 Å². The molecule has 0 radical (unpaired) electrons. The Bertz CT molecular complexity index is 199. The number of hydrogen-bond donors (Lipinski definition) is 1. The molecule has 0 saturated carbocycles. The Morgan fingerprint density at radius 1 is 1.11 bits per heavy atom. The predicted octanol–water partition coefficient (Wildman–Crippen LogP) is 3.48. The molecule has 2 atom stereocenters. The molecule has 0 fully saturated rings. The number of rotatable bonds is 13. The fourth-order valence-corrected chi connectivity index (χ4v) is 2.80. The second-order valence-corrected chi connectivity index (χ2v) is 5.67. The summed E-state index contributed by atoms with van der Waals surface area (Å²) in [6.45, 7) is 10.7. The van der Waals surface area contributed by atoms with Crippen LogP contribution in [-0.2, 0) is 9.47 Å². The minimum absolute atomic E-state index is 0.405. The summed E-state index contributed by atoms with van der Waals surface area (Å²) >= 11 is 0. The van der Waals surface area contributed by atoms with Crippen molar-refractivity contribution in [1.29, 1.82) is 0 Å². The molecule has 0 heterocycles. The van der Waals surface area contributed by atoms with Crippen LogP contribution in [0.4, 0.5) is 0 Å². The van der Waals surface area contributed by atoms with Crippen molar-refractivity contribution in [2.75, 3.05) is 40.5 Å². The van der Waals surface area contributed by atoms with Gasteiger partial charge in [-0.15, -0.1) is 0 Å². The van der Waals surface area contributed by atoms with Crippen LogP contribution in [0.3, 0.4) is 0 Å². The quantitative estimate of drug-likeness (QED) is 0.521. The molecular formula is C16H35NO2. The monoisotopic (exact) mass is 273 g/mol. The molecule has 0 rings (SSSR count). The Morgan fingerprint density at radius 2 is 1.79 bits per heavy atom. The third-order valence-corrected chi connectivity index (χ3v) is 4.49. The van der Waals surface area contributed by atoms with E-state index < -0.39 is 0 Å². The van der Waals surface area contributed by atoms with E-state index in [4.69, 9.17) is 9.47 Å². The van der Waals surface area contributed by atoms with Crippen molar-refractivity contribution in [3.8, 4) is 0 Å². The number of unbranched alkanes of at least 4 members (excludes halogenated alkanes) is 1. The molecule has 0 aromatic carbocycles.